The molecule has 0 radical (unpaired) electrons. The molecular formula is C28H25N3O4. The van der Waals surface area contributed by atoms with E-state index in [1.54, 1.807) is 13.1 Å². The number of fused-ring (bicyclic) bond motifs is 3. The minimum absolute atomic E-state index is 0.0830. The van der Waals surface area contributed by atoms with E-state index in [1.165, 1.54) is 15.8 Å². The number of benzene rings is 3. The number of amides is 1. The van der Waals surface area contributed by atoms with Crippen LogP contribution in [0.2, 0.25) is 0 Å². The Balaban J connectivity index is 1.44. The van der Waals surface area contributed by atoms with Crippen LogP contribution in [-0.4, -0.2) is 38.5 Å². The SMILES string of the molecule is Cn1nccc1C(C(=O)O)N(Cc1ccccc1)C(=O)OCC1c2ccccc2-c2ccccc21. The molecule has 7 heteroatoms. The smallest absolute Gasteiger partial charge is 0.411 e. The minimum Gasteiger partial charge on any atom is -0.479 e. The van der Waals surface area contributed by atoms with E-state index >= 15 is 0 Å². The predicted molar refractivity (Wildman–Crippen MR) is 131 cm³/mol. The van der Waals surface area contributed by atoms with Crippen LogP contribution >= 0.6 is 0 Å². The van der Waals surface area contributed by atoms with Crippen LogP contribution < -0.4 is 0 Å². The lowest BCUT2D eigenvalue weighted by molar-refractivity contribution is -0.143. The second kappa shape index (κ2) is 9.46. The number of carbonyl (C=O) groups excluding carboxylic acids is 1. The molecule has 0 bridgehead atoms. The molecule has 0 saturated carbocycles. The average Bonchev–Trinajstić information content (AvgIpc) is 3.43. The first-order chi connectivity index (χ1) is 17.0. The number of hydrogen-bond donors (Lipinski definition) is 1. The summed E-state index contributed by atoms with van der Waals surface area (Å²) in [5.41, 5.74) is 5.64. The third-order valence-electron chi connectivity index (χ3n) is 6.45. The molecule has 1 aliphatic rings. The number of aromatic nitrogens is 2. The lowest BCUT2D eigenvalue weighted by Gasteiger charge is -2.29. The molecule has 5 rings (SSSR count). The number of carbonyl (C=O) groups is 2. The van der Waals surface area contributed by atoms with Crippen LogP contribution in [0.15, 0.2) is 91.1 Å². The molecule has 0 aliphatic heterocycles. The molecule has 176 valence electrons. The van der Waals surface area contributed by atoms with Gasteiger partial charge in [0.05, 0.1) is 12.2 Å². The minimum atomic E-state index is -1.25. The summed E-state index contributed by atoms with van der Waals surface area (Å²) >= 11 is 0. The second-order valence-corrected chi connectivity index (χ2v) is 8.54. The molecule has 1 amide bonds. The van der Waals surface area contributed by atoms with E-state index < -0.39 is 18.1 Å². The van der Waals surface area contributed by atoms with Crippen LogP contribution in [0.4, 0.5) is 4.79 Å². The van der Waals surface area contributed by atoms with Gasteiger partial charge in [-0.3, -0.25) is 9.58 Å². The molecule has 7 nitrogen and oxygen atoms in total. The van der Waals surface area contributed by atoms with E-state index in [2.05, 4.69) is 17.2 Å². The standard InChI is InChI=1S/C28H25N3O4/c1-30-25(15-16-29-30)26(27(32)33)31(17-19-9-3-2-4-10-19)28(34)35-18-24-22-13-7-5-11-20(22)21-12-6-8-14-23(21)24/h2-16,24,26H,17-18H2,1H3,(H,32,33). The van der Waals surface area contributed by atoms with Crippen molar-refractivity contribution in [1.82, 2.24) is 14.7 Å². The first kappa shape index (κ1) is 22.4. The molecule has 4 aromatic rings. The van der Waals surface area contributed by atoms with Gasteiger partial charge in [-0.2, -0.15) is 5.10 Å². The Bertz CT molecular complexity index is 1320. The predicted octanol–water partition coefficient (Wildman–Crippen LogP) is 5.00. The first-order valence-electron chi connectivity index (χ1n) is 11.4. The highest BCUT2D eigenvalue weighted by atomic mass is 16.6. The Hall–Kier alpha value is -4.39. The largest absolute Gasteiger partial charge is 0.479 e. The average molecular weight is 468 g/mol. The summed E-state index contributed by atoms with van der Waals surface area (Å²) in [7, 11) is 1.66. The number of aryl methyl sites for hydroxylation is 1. The van der Waals surface area contributed by atoms with Gasteiger partial charge >= 0.3 is 12.1 Å². The number of aliphatic carboxylic acids is 1. The monoisotopic (exact) mass is 467 g/mol. The molecule has 0 fully saturated rings. The Morgan fingerprint density at radius 2 is 1.54 bits per heavy atom. The zero-order valence-corrected chi connectivity index (χ0v) is 19.2. The summed E-state index contributed by atoms with van der Waals surface area (Å²) in [5, 5.41) is 14.2. The summed E-state index contributed by atoms with van der Waals surface area (Å²) in [4.78, 5) is 27.1. The van der Waals surface area contributed by atoms with Crippen LogP contribution in [0.25, 0.3) is 11.1 Å². The van der Waals surface area contributed by atoms with E-state index in [1.807, 2.05) is 66.7 Å². The van der Waals surface area contributed by atoms with Crippen LogP contribution in [-0.2, 0) is 23.1 Å². The van der Waals surface area contributed by atoms with E-state index in [4.69, 9.17) is 4.74 Å². The maximum atomic E-state index is 13.5. The summed E-state index contributed by atoms with van der Waals surface area (Å²) in [5.74, 6) is -1.28. The molecule has 0 saturated heterocycles. The lowest BCUT2D eigenvalue weighted by atomic mass is 9.98. The number of carboxylic acids is 1. The quantitative estimate of drug-likeness (QED) is 0.414. The molecule has 1 unspecified atom stereocenters. The topological polar surface area (TPSA) is 84.7 Å². The summed E-state index contributed by atoms with van der Waals surface area (Å²) in [6.07, 6.45) is 0.827. The molecule has 1 atom stereocenters. The summed E-state index contributed by atoms with van der Waals surface area (Å²) in [6.45, 7) is 0.190. The maximum Gasteiger partial charge on any atom is 0.411 e. The van der Waals surface area contributed by atoms with Gasteiger partial charge in [-0.05, 0) is 33.9 Å². The molecule has 1 heterocycles. The Morgan fingerprint density at radius 1 is 0.943 bits per heavy atom. The van der Waals surface area contributed by atoms with Crippen molar-refractivity contribution in [2.75, 3.05) is 6.61 Å². The van der Waals surface area contributed by atoms with E-state index in [0.29, 0.717) is 5.69 Å². The van der Waals surface area contributed by atoms with Gasteiger partial charge in [0.2, 0.25) is 0 Å². The van der Waals surface area contributed by atoms with E-state index in [-0.39, 0.29) is 19.1 Å². The van der Waals surface area contributed by atoms with Gasteiger partial charge in [0.25, 0.3) is 0 Å². The van der Waals surface area contributed by atoms with Gasteiger partial charge in [0.15, 0.2) is 6.04 Å². The molecule has 1 N–H and O–H groups in total. The first-order valence-corrected chi connectivity index (χ1v) is 11.4. The van der Waals surface area contributed by atoms with Crippen molar-refractivity contribution in [3.05, 3.63) is 114 Å². The number of ether oxygens (including phenoxy) is 1. The number of carboxylic acid groups (broad SMARTS) is 1. The van der Waals surface area contributed by atoms with Crippen molar-refractivity contribution in [3.63, 3.8) is 0 Å². The van der Waals surface area contributed by atoms with Crippen LogP contribution in [0.3, 0.4) is 0 Å². The van der Waals surface area contributed by atoms with E-state index in [9.17, 15) is 14.7 Å². The van der Waals surface area contributed by atoms with Gasteiger partial charge < -0.3 is 9.84 Å². The zero-order chi connectivity index (χ0) is 24.4. The van der Waals surface area contributed by atoms with Crippen LogP contribution in [0.1, 0.15) is 34.3 Å². The maximum absolute atomic E-state index is 13.5. The fraction of sp³-hybridized carbons (Fsp3) is 0.179. The van der Waals surface area contributed by atoms with Gasteiger partial charge in [-0.15, -0.1) is 0 Å². The van der Waals surface area contributed by atoms with Gasteiger partial charge in [-0.1, -0.05) is 78.9 Å². The highest BCUT2D eigenvalue weighted by Crippen LogP contribution is 2.44. The van der Waals surface area contributed by atoms with Crippen molar-refractivity contribution >= 4 is 12.1 Å². The van der Waals surface area contributed by atoms with Gasteiger partial charge in [0, 0.05) is 19.2 Å². The molecule has 0 spiro atoms. The fourth-order valence-corrected chi connectivity index (χ4v) is 4.79. The highest BCUT2D eigenvalue weighted by molar-refractivity contribution is 5.82. The Morgan fingerprint density at radius 3 is 2.11 bits per heavy atom. The van der Waals surface area contributed by atoms with Gasteiger partial charge in [0.1, 0.15) is 6.61 Å². The molecular weight excluding hydrogens is 442 g/mol. The van der Waals surface area contributed by atoms with E-state index in [0.717, 1.165) is 27.8 Å². The summed E-state index contributed by atoms with van der Waals surface area (Å²) < 4.78 is 7.30. The van der Waals surface area contributed by atoms with Gasteiger partial charge in [-0.25, -0.2) is 9.59 Å². The van der Waals surface area contributed by atoms with Crippen molar-refractivity contribution < 1.29 is 19.4 Å². The third kappa shape index (κ3) is 4.28. The van der Waals surface area contributed by atoms with Crippen molar-refractivity contribution in [3.8, 4) is 11.1 Å². The zero-order valence-electron chi connectivity index (χ0n) is 19.2. The molecule has 3 aromatic carbocycles. The number of nitrogens with zero attached hydrogens (tertiary/aromatic N) is 3. The molecule has 35 heavy (non-hydrogen) atoms. The number of rotatable bonds is 7. The molecule has 1 aliphatic carbocycles. The number of hydrogen-bond acceptors (Lipinski definition) is 4. The molecule has 1 aromatic heterocycles. The normalized spacial score (nSPS) is 13.1. The Kier molecular flexibility index (Phi) is 6.06. The second-order valence-electron chi connectivity index (χ2n) is 8.54. The van der Waals surface area contributed by atoms with Crippen LogP contribution in [0, 0.1) is 0 Å². The van der Waals surface area contributed by atoms with Crippen molar-refractivity contribution in [2.45, 2.75) is 18.5 Å². The Labute approximate surface area is 203 Å². The summed E-state index contributed by atoms with van der Waals surface area (Å²) in [6, 6.07) is 25.8. The van der Waals surface area contributed by atoms with Crippen LogP contribution in [0.5, 0.6) is 0 Å². The third-order valence-corrected chi connectivity index (χ3v) is 6.45. The van der Waals surface area contributed by atoms with Crippen molar-refractivity contribution in [2.24, 2.45) is 7.05 Å². The fourth-order valence-electron chi connectivity index (χ4n) is 4.79. The highest BCUT2D eigenvalue weighted by Gasteiger charge is 2.36. The lowest BCUT2D eigenvalue weighted by Crippen LogP contribution is -2.40. The van der Waals surface area contributed by atoms with Crippen molar-refractivity contribution in [1.29, 1.82) is 0 Å².